The lowest BCUT2D eigenvalue weighted by Crippen LogP contribution is -2.10. The van der Waals surface area contributed by atoms with Crippen LogP contribution in [0.1, 0.15) is 40.0 Å². The van der Waals surface area contributed by atoms with Crippen molar-refractivity contribution < 1.29 is 4.79 Å². The Morgan fingerprint density at radius 3 is 2.45 bits per heavy atom. The van der Waals surface area contributed by atoms with E-state index in [1.165, 1.54) is 0 Å². The summed E-state index contributed by atoms with van der Waals surface area (Å²) in [7, 11) is 0. The first kappa shape index (κ1) is 10.4. The number of aldehydes is 1. The molecule has 0 amide bonds. The molecule has 0 aliphatic carbocycles. The maximum Gasteiger partial charge on any atom is 0.124 e. The highest BCUT2D eigenvalue weighted by molar-refractivity contribution is 5.53. The maximum atomic E-state index is 10.1. The third-order valence-corrected chi connectivity index (χ3v) is 2.06. The Labute approximate surface area is 69.5 Å². The second-order valence-electron chi connectivity index (χ2n) is 3.82. The first-order valence-corrected chi connectivity index (χ1v) is 4.12. The molecule has 0 bridgehead atoms. The van der Waals surface area contributed by atoms with E-state index in [-0.39, 0.29) is 0 Å². The summed E-state index contributed by atoms with van der Waals surface area (Å²) in [5, 5.41) is 0. The van der Waals surface area contributed by atoms with E-state index in [4.69, 9.17) is 0 Å². The minimum absolute atomic E-state index is 0.306. The van der Waals surface area contributed by atoms with Crippen molar-refractivity contribution in [1.29, 1.82) is 0 Å². The smallest absolute Gasteiger partial charge is 0.124 e. The molecule has 11 heavy (non-hydrogen) atoms. The predicted molar refractivity (Wildman–Crippen MR) is 48.5 cm³/mol. The second kappa shape index (κ2) is 4.32. The SMILES string of the molecule is C=C(CC=O)CC(C)(C)CC. The lowest BCUT2D eigenvalue weighted by Gasteiger charge is -2.22. The lowest BCUT2D eigenvalue weighted by atomic mass is 9.83. The van der Waals surface area contributed by atoms with Gasteiger partial charge in [-0.2, -0.15) is 0 Å². The molecule has 0 saturated heterocycles. The molecule has 0 rings (SSSR count). The summed E-state index contributed by atoms with van der Waals surface area (Å²) in [5.74, 6) is 0. The van der Waals surface area contributed by atoms with E-state index in [1.54, 1.807) is 0 Å². The van der Waals surface area contributed by atoms with Gasteiger partial charge in [0, 0.05) is 6.42 Å². The highest BCUT2D eigenvalue weighted by atomic mass is 16.1. The minimum Gasteiger partial charge on any atom is -0.303 e. The van der Waals surface area contributed by atoms with Crippen molar-refractivity contribution in [2.75, 3.05) is 0 Å². The first-order valence-electron chi connectivity index (χ1n) is 4.12. The van der Waals surface area contributed by atoms with Gasteiger partial charge in [-0.3, -0.25) is 0 Å². The highest BCUT2D eigenvalue weighted by Crippen LogP contribution is 2.28. The van der Waals surface area contributed by atoms with Gasteiger partial charge in [0.05, 0.1) is 0 Å². The Morgan fingerprint density at radius 1 is 1.55 bits per heavy atom. The van der Waals surface area contributed by atoms with Crippen LogP contribution in [-0.4, -0.2) is 6.29 Å². The van der Waals surface area contributed by atoms with Gasteiger partial charge in [0.15, 0.2) is 0 Å². The molecule has 0 heterocycles. The largest absolute Gasteiger partial charge is 0.303 e. The maximum absolute atomic E-state index is 10.1. The van der Waals surface area contributed by atoms with Gasteiger partial charge >= 0.3 is 0 Å². The molecule has 0 unspecified atom stereocenters. The summed E-state index contributed by atoms with van der Waals surface area (Å²) in [6.07, 6.45) is 3.53. The second-order valence-corrected chi connectivity index (χ2v) is 3.82. The summed E-state index contributed by atoms with van der Waals surface area (Å²) in [6.45, 7) is 10.4. The topological polar surface area (TPSA) is 17.1 Å². The van der Waals surface area contributed by atoms with Crippen molar-refractivity contribution in [1.82, 2.24) is 0 Å². The summed E-state index contributed by atoms with van der Waals surface area (Å²) in [5.41, 5.74) is 1.35. The molecule has 0 fully saturated rings. The fraction of sp³-hybridized carbons (Fsp3) is 0.700. The van der Waals surface area contributed by atoms with Crippen LogP contribution < -0.4 is 0 Å². The van der Waals surface area contributed by atoms with E-state index < -0.39 is 0 Å². The molecule has 0 aromatic rings. The van der Waals surface area contributed by atoms with Crippen molar-refractivity contribution in [2.45, 2.75) is 40.0 Å². The number of carbonyl (C=O) groups excluding carboxylic acids is 1. The van der Waals surface area contributed by atoms with Crippen LogP contribution in [-0.2, 0) is 4.79 Å². The van der Waals surface area contributed by atoms with Gasteiger partial charge in [0.1, 0.15) is 6.29 Å². The van der Waals surface area contributed by atoms with Crippen LogP contribution in [0.4, 0.5) is 0 Å². The van der Waals surface area contributed by atoms with E-state index in [0.717, 1.165) is 24.7 Å². The molecule has 64 valence electrons. The average molecular weight is 154 g/mol. The van der Waals surface area contributed by atoms with Crippen molar-refractivity contribution in [2.24, 2.45) is 5.41 Å². The van der Waals surface area contributed by atoms with E-state index >= 15 is 0 Å². The summed E-state index contributed by atoms with van der Waals surface area (Å²) >= 11 is 0. The predicted octanol–water partition coefficient (Wildman–Crippen LogP) is 2.96. The van der Waals surface area contributed by atoms with Crippen molar-refractivity contribution in [3.05, 3.63) is 12.2 Å². The zero-order valence-corrected chi connectivity index (χ0v) is 7.81. The Morgan fingerprint density at radius 2 is 2.09 bits per heavy atom. The lowest BCUT2D eigenvalue weighted by molar-refractivity contribution is -0.107. The van der Waals surface area contributed by atoms with E-state index in [2.05, 4.69) is 27.4 Å². The van der Waals surface area contributed by atoms with Gasteiger partial charge < -0.3 is 4.79 Å². The van der Waals surface area contributed by atoms with Gasteiger partial charge in [-0.25, -0.2) is 0 Å². The molecule has 0 N–H and O–H groups in total. The standard InChI is InChI=1S/C10H18O/c1-5-10(3,4)8-9(2)6-7-11/h7H,2,5-6,8H2,1,3-4H3. The monoisotopic (exact) mass is 154 g/mol. The van der Waals surface area contributed by atoms with Crippen molar-refractivity contribution in [3.8, 4) is 0 Å². The van der Waals surface area contributed by atoms with Gasteiger partial charge in [-0.05, 0) is 11.8 Å². The number of allylic oxidation sites excluding steroid dienone is 1. The van der Waals surface area contributed by atoms with Crippen LogP contribution in [0.25, 0.3) is 0 Å². The fourth-order valence-electron chi connectivity index (χ4n) is 0.992. The highest BCUT2D eigenvalue weighted by Gasteiger charge is 2.15. The van der Waals surface area contributed by atoms with Crippen molar-refractivity contribution in [3.63, 3.8) is 0 Å². The molecular formula is C10H18O. The first-order chi connectivity index (χ1) is 5.02. The number of hydrogen-bond donors (Lipinski definition) is 0. The Hall–Kier alpha value is -0.590. The minimum atomic E-state index is 0.306. The molecule has 0 aliphatic rings. The fourth-order valence-corrected chi connectivity index (χ4v) is 0.992. The number of hydrogen-bond acceptors (Lipinski definition) is 1. The van der Waals surface area contributed by atoms with Gasteiger partial charge in [0.25, 0.3) is 0 Å². The number of rotatable bonds is 5. The molecule has 0 radical (unpaired) electrons. The molecule has 0 atom stereocenters. The average Bonchev–Trinajstić information content (AvgIpc) is 1.87. The van der Waals surface area contributed by atoms with E-state index in [9.17, 15) is 4.79 Å². The molecule has 1 nitrogen and oxygen atoms in total. The Bertz CT molecular complexity index is 145. The van der Waals surface area contributed by atoms with Crippen LogP contribution in [0.5, 0.6) is 0 Å². The zero-order chi connectivity index (χ0) is 8.91. The van der Waals surface area contributed by atoms with E-state index in [0.29, 0.717) is 11.8 Å². The molecule has 1 heteroatoms. The normalized spacial score (nSPS) is 11.2. The summed E-state index contributed by atoms with van der Waals surface area (Å²) in [6, 6.07) is 0. The quantitative estimate of drug-likeness (QED) is 0.439. The third kappa shape index (κ3) is 4.77. The zero-order valence-electron chi connectivity index (χ0n) is 7.81. The Kier molecular flexibility index (Phi) is 4.09. The van der Waals surface area contributed by atoms with Gasteiger partial charge in [0.2, 0.25) is 0 Å². The molecule has 0 aromatic carbocycles. The third-order valence-electron chi connectivity index (χ3n) is 2.06. The molecule has 0 aliphatic heterocycles. The molecular weight excluding hydrogens is 136 g/mol. The van der Waals surface area contributed by atoms with Gasteiger partial charge in [-0.15, -0.1) is 0 Å². The summed E-state index contributed by atoms with van der Waals surface area (Å²) in [4.78, 5) is 10.1. The van der Waals surface area contributed by atoms with Crippen LogP contribution in [0.15, 0.2) is 12.2 Å². The van der Waals surface area contributed by atoms with Crippen LogP contribution in [0.3, 0.4) is 0 Å². The molecule has 0 saturated carbocycles. The Balaban J connectivity index is 3.82. The van der Waals surface area contributed by atoms with Crippen molar-refractivity contribution >= 4 is 6.29 Å². The van der Waals surface area contributed by atoms with Gasteiger partial charge in [-0.1, -0.05) is 39.3 Å². The molecule has 0 spiro atoms. The van der Waals surface area contributed by atoms with Crippen LogP contribution in [0.2, 0.25) is 0 Å². The molecule has 0 aromatic heterocycles. The summed E-state index contributed by atoms with van der Waals surface area (Å²) < 4.78 is 0. The van der Waals surface area contributed by atoms with Crippen LogP contribution >= 0.6 is 0 Å². The van der Waals surface area contributed by atoms with E-state index in [1.807, 2.05) is 0 Å². The number of carbonyl (C=O) groups is 1. The van der Waals surface area contributed by atoms with Crippen LogP contribution in [0, 0.1) is 5.41 Å².